The Morgan fingerprint density at radius 2 is 2.00 bits per heavy atom. The van der Waals surface area contributed by atoms with E-state index in [1.165, 1.54) is 6.92 Å². The number of carbonyl (C=O) groups is 2. The molecule has 0 aromatic heterocycles. The Kier molecular flexibility index (Phi) is 6.72. The third-order valence-corrected chi connectivity index (χ3v) is 5.17. The van der Waals surface area contributed by atoms with Gasteiger partial charge in [0.1, 0.15) is 29.4 Å². The Balaban J connectivity index is 1.75. The van der Waals surface area contributed by atoms with Gasteiger partial charge in [-0.05, 0) is 42.8 Å². The van der Waals surface area contributed by atoms with Gasteiger partial charge in [-0.15, -0.1) is 0 Å². The van der Waals surface area contributed by atoms with Crippen LogP contribution in [0, 0.1) is 0 Å². The average Bonchev–Trinajstić information content (AvgIpc) is 3.14. The monoisotopic (exact) mass is 432 g/mol. The van der Waals surface area contributed by atoms with E-state index in [0.717, 1.165) is 16.7 Å². The zero-order valence-corrected chi connectivity index (χ0v) is 18.1. The van der Waals surface area contributed by atoms with E-state index in [1.807, 2.05) is 30.3 Å². The second kappa shape index (κ2) is 9.26. The van der Waals surface area contributed by atoms with Gasteiger partial charge in [0.05, 0.1) is 25.8 Å². The minimum absolute atomic E-state index is 0.242. The Morgan fingerprint density at radius 1 is 1.23 bits per heavy atom. The number of benzene rings is 2. The normalized spacial score (nSPS) is 15.6. The van der Waals surface area contributed by atoms with Gasteiger partial charge in [-0.25, -0.2) is 0 Å². The van der Waals surface area contributed by atoms with E-state index in [-0.39, 0.29) is 17.9 Å². The largest absolute Gasteiger partial charge is 0.497 e. The van der Waals surface area contributed by atoms with Gasteiger partial charge < -0.3 is 24.8 Å². The van der Waals surface area contributed by atoms with Crippen LogP contribution < -0.4 is 24.8 Å². The van der Waals surface area contributed by atoms with Crippen LogP contribution in [0.3, 0.4) is 0 Å². The highest BCUT2D eigenvalue weighted by molar-refractivity contribution is 6.32. The molecular weight excluding hydrogens is 408 g/mol. The lowest BCUT2D eigenvalue weighted by molar-refractivity contribution is -0.127. The standard InChI is InChI=1S/C22H25ClN2O5/c1-12(25-13(2)26)22(27)24-11-17-8-15-7-14(9-19(23)21(15)30-17)18-10-16(28-3)5-6-20(18)29-4/h5-7,9-10,12,17H,8,11H2,1-4H3,(H,24,27)(H,25,26)/t12-,17?/m0/s1. The number of methoxy groups -OCH3 is 2. The van der Waals surface area contributed by atoms with Crippen LogP contribution in [0.2, 0.25) is 5.02 Å². The van der Waals surface area contributed by atoms with Crippen molar-refractivity contribution in [3.63, 3.8) is 0 Å². The summed E-state index contributed by atoms with van der Waals surface area (Å²) in [4.78, 5) is 23.2. The number of halogens is 1. The van der Waals surface area contributed by atoms with Crippen molar-refractivity contribution in [3.05, 3.63) is 40.9 Å². The lowest BCUT2D eigenvalue weighted by Crippen LogP contribution is -2.46. The van der Waals surface area contributed by atoms with Gasteiger partial charge in [-0.2, -0.15) is 0 Å². The van der Waals surface area contributed by atoms with Crippen LogP contribution in [-0.2, 0) is 16.0 Å². The maximum Gasteiger partial charge on any atom is 0.242 e. The van der Waals surface area contributed by atoms with E-state index < -0.39 is 6.04 Å². The Morgan fingerprint density at radius 3 is 2.67 bits per heavy atom. The number of nitrogens with one attached hydrogen (secondary N) is 2. The van der Waals surface area contributed by atoms with Gasteiger partial charge in [0, 0.05) is 24.5 Å². The van der Waals surface area contributed by atoms with Gasteiger partial charge in [0.2, 0.25) is 11.8 Å². The molecule has 1 aliphatic heterocycles. The number of amides is 2. The second-order valence-corrected chi connectivity index (χ2v) is 7.53. The van der Waals surface area contributed by atoms with Crippen molar-refractivity contribution in [1.82, 2.24) is 10.6 Å². The summed E-state index contributed by atoms with van der Waals surface area (Å²) in [6.45, 7) is 3.31. The molecule has 160 valence electrons. The van der Waals surface area contributed by atoms with Crippen LogP contribution in [0.5, 0.6) is 17.2 Å². The highest BCUT2D eigenvalue weighted by Crippen LogP contribution is 2.42. The van der Waals surface area contributed by atoms with E-state index in [1.54, 1.807) is 21.1 Å². The molecule has 0 aliphatic carbocycles. The average molecular weight is 433 g/mol. The SMILES string of the molecule is COc1ccc(OC)c(-c2cc(Cl)c3c(c2)CC(CNC(=O)[C@H](C)NC(C)=O)O3)c1. The summed E-state index contributed by atoms with van der Waals surface area (Å²) < 4.78 is 16.8. The van der Waals surface area contributed by atoms with Crippen LogP contribution in [0.1, 0.15) is 19.4 Å². The summed E-state index contributed by atoms with van der Waals surface area (Å²) in [6.07, 6.45) is 0.359. The molecule has 2 atom stereocenters. The van der Waals surface area contributed by atoms with Crippen molar-refractivity contribution in [2.24, 2.45) is 0 Å². The Labute approximate surface area is 180 Å². The Hall–Kier alpha value is -2.93. The third kappa shape index (κ3) is 4.79. The fourth-order valence-corrected chi connectivity index (χ4v) is 3.72. The lowest BCUT2D eigenvalue weighted by atomic mass is 9.99. The van der Waals surface area contributed by atoms with Crippen molar-refractivity contribution < 1.29 is 23.8 Å². The van der Waals surface area contributed by atoms with Crippen LogP contribution in [0.25, 0.3) is 11.1 Å². The van der Waals surface area contributed by atoms with Crippen molar-refractivity contribution in [1.29, 1.82) is 0 Å². The van der Waals surface area contributed by atoms with E-state index in [4.69, 9.17) is 25.8 Å². The molecule has 0 radical (unpaired) electrons. The number of ether oxygens (including phenoxy) is 3. The molecule has 1 unspecified atom stereocenters. The quantitative estimate of drug-likeness (QED) is 0.702. The summed E-state index contributed by atoms with van der Waals surface area (Å²) in [7, 11) is 3.23. The summed E-state index contributed by atoms with van der Waals surface area (Å²) in [5.41, 5.74) is 2.71. The minimum atomic E-state index is -0.609. The van der Waals surface area contributed by atoms with Crippen molar-refractivity contribution in [2.45, 2.75) is 32.4 Å². The predicted molar refractivity (Wildman–Crippen MR) is 114 cm³/mol. The van der Waals surface area contributed by atoms with Crippen LogP contribution in [0.15, 0.2) is 30.3 Å². The number of rotatable bonds is 7. The highest BCUT2D eigenvalue weighted by atomic mass is 35.5. The molecule has 0 saturated heterocycles. The number of hydrogen-bond donors (Lipinski definition) is 2. The number of fused-ring (bicyclic) bond motifs is 1. The van der Waals surface area contributed by atoms with Gasteiger partial charge >= 0.3 is 0 Å². The van der Waals surface area contributed by atoms with Gasteiger partial charge in [-0.1, -0.05) is 11.6 Å². The first-order chi connectivity index (χ1) is 14.3. The summed E-state index contributed by atoms with van der Waals surface area (Å²) >= 11 is 6.50. The van der Waals surface area contributed by atoms with E-state index in [2.05, 4.69) is 10.6 Å². The molecule has 0 fully saturated rings. The zero-order chi connectivity index (χ0) is 21.8. The van der Waals surface area contributed by atoms with E-state index in [0.29, 0.717) is 35.2 Å². The minimum Gasteiger partial charge on any atom is -0.497 e. The molecule has 0 bridgehead atoms. The molecule has 30 heavy (non-hydrogen) atoms. The molecule has 7 nitrogen and oxygen atoms in total. The van der Waals surface area contributed by atoms with E-state index >= 15 is 0 Å². The number of hydrogen-bond acceptors (Lipinski definition) is 5. The zero-order valence-electron chi connectivity index (χ0n) is 17.4. The molecular formula is C22H25ClN2O5. The maximum absolute atomic E-state index is 12.1. The first-order valence-electron chi connectivity index (χ1n) is 9.58. The summed E-state index contributed by atoms with van der Waals surface area (Å²) in [5.74, 6) is 1.53. The lowest BCUT2D eigenvalue weighted by Gasteiger charge is -2.16. The summed E-state index contributed by atoms with van der Waals surface area (Å²) in [6, 6.07) is 8.81. The topological polar surface area (TPSA) is 85.9 Å². The van der Waals surface area contributed by atoms with Crippen molar-refractivity contribution in [2.75, 3.05) is 20.8 Å². The van der Waals surface area contributed by atoms with Crippen molar-refractivity contribution in [3.8, 4) is 28.4 Å². The molecule has 2 aromatic rings. The molecule has 0 saturated carbocycles. The fraction of sp³-hybridized carbons (Fsp3) is 0.364. The molecule has 2 N–H and O–H groups in total. The van der Waals surface area contributed by atoms with Gasteiger partial charge in [0.15, 0.2) is 0 Å². The molecule has 1 heterocycles. The molecule has 2 aromatic carbocycles. The summed E-state index contributed by atoms with van der Waals surface area (Å²) in [5, 5.41) is 5.85. The first-order valence-corrected chi connectivity index (χ1v) is 9.96. The van der Waals surface area contributed by atoms with Crippen molar-refractivity contribution >= 4 is 23.4 Å². The highest BCUT2D eigenvalue weighted by Gasteiger charge is 2.27. The third-order valence-electron chi connectivity index (χ3n) is 4.89. The first kappa shape index (κ1) is 21.8. The second-order valence-electron chi connectivity index (χ2n) is 7.12. The number of carbonyl (C=O) groups excluding carboxylic acids is 2. The predicted octanol–water partition coefficient (Wildman–Crippen LogP) is 2.97. The fourth-order valence-electron chi connectivity index (χ4n) is 3.43. The van der Waals surface area contributed by atoms with Gasteiger partial charge in [0.25, 0.3) is 0 Å². The molecule has 3 rings (SSSR count). The molecule has 8 heteroatoms. The Bertz CT molecular complexity index is 963. The van der Waals surface area contributed by atoms with Crippen LogP contribution in [0.4, 0.5) is 0 Å². The molecule has 1 aliphatic rings. The smallest absolute Gasteiger partial charge is 0.242 e. The van der Waals surface area contributed by atoms with Gasteiger partial charge in [-0.3, -0.25) is 9.59 Å². The maximum atomic E-state index is 12.1. The molecule has 2 amide bonds. The van der Waals surface area contributed by atoms with Crippen LogP contribution in [-0.4, -0.2) is 44.7 Å². The molecule has 0 spiro atoms. The van der Waals surface area contributed by atoms with Crippen LogP contribution >= 0.6 is 11.6 Å². The van der Waals surface area contributed by atoms with E-state index in [9.17, 15) is 9.59 Å².